The number of carbonyl (C=O) groups excluding carboxylic acids is 2. The van der Waals surface area contributed by atoms with Crippen LogP contribution < -0.4 is 5.32 Å². The van der Waals surface area contributed by atoms with Crippen molar-refractivity contribution in [2.45, 2.75) is 44.1 Å². The number of hydrogen-bond donors (Lipinski definition) is 1. The molecule has 2 aliphatic heterocycles. The van der Waals surface area contributed by atoms with E-state index in [1.54, 1.807) is 0 Å². The zero-order chi connectivity index (χ0) is 17.2. The lowest BCUT2D eigenvalue weighted by Crippen LogP contribution is -2.36. The molecular weight excluding hydrogens is 320 g/mol. The van der Waals surface area contributed by atoms with Crippen molar-refractivity contribution in [2.75, 3.05) is 11.9 Å². The van der Waals surface area contributed by atoms with E-state index in [1.807, 2.05) is 29.2 Å². The molecule has 2 aromatic rings. The van der Waals surface area contributed by atoms with Crippen LogP contribution in [-0.2, 0) is 9.59 Å². The van der Waals surface area contributed by atoms with Gasteiger partial charge in [0.2, 0.25) is 18.2 Å². The molecule has 3 heterocycles. The molecule has 130 valence electrons. The summed E-state index contributed by atoms with van der Waals surface area (Å²) in [6.07, 6.45) is 5.33. The lowest BCUT2D eigenvalue weighted by Gasteiger charge is -2.28. The van der Waals surface area contributed by atoms with Gasteiger partial charge in [-0.1, -0.05) is 36.2 Å². The Hall–Kier alpha value is -2.70. The number of nitrogens with one attached hydrogen (secondary N) is 1. The molecule has 2 aliphatic rings. The summed E-state index contributed by atoms with van der Waals surface area (Å²) in [7, 11) is 0. The minimum absolute atomic E-state index is 0.0337. The minimum Gasteiger partial charge on any atom is -0.343 e. The zero-order valence-corrected chi connectivity index (χ0v) is 13.9. The fraction of sp³-hybridized carbons (Fsp3) is 0.444. The normalized spacial score (nSPS) is 23.0. The van der Waals surface area contributed by atoms with Gasteiger partial charge < -0.3 is 14.7 Å². The number of likely N-dealkylation sites (tertiary alicyclic amines) is 1. The maximum absolute atomic E-state index is 13.0. The van der Waals surface area contributed by atoms with Gasteiger partial charge in [-0.15, -0.1) is 0 Å². The topological polar surface area (TPSA) is 88.3 Å². The van der Waals surface area contributed by atoms with E-state index in [9.17, 15) is 9.59 Å². The van der Waals surface area contributed by atoms with Crippen LogP contribution in [0.3, 0.4) is 0 Å². The van der Waals surface area contributed by atoms with Crippen molar-refractivity contribution in [3.05, 3.63) is 42.0 Å². The Morgan fingerprint density at radius 2 is 2.16 bits per heavy atom. The van der Waals surface area contributed by atoms with Crippen molar-refractivity contribution >= 4 is 17.5 Å². The van der Waals surface area contributed by atoms with E-state index in [1.165, 1.54) is 6.39 Å². The molecule has 1 fully saturated rings. The molecule has 2 atom stereocenters. The predicted octanol–water partition coefficient (Wildman–Crippen LogP) is 2.64. The maximum atomic E-state index is 13.0. The number of aromatic nitrogens is 2. The zero-order valence-electron chi connectivity index (χ0n) is 13.9. The van der Waals surface area contributed by atoms with E-state index in [-0.39, 0.29) is 24.3 Å². The number of hydrogen-bond acceptors (Lipinski definition) is 5. The number of para-hydroxylation sites is 1. The van der Waals surface area contributed by atoms with Crippen LogP contribution in [0.15, 0.2) is 35.2 Å². The summed E-state index contributed by atoms with van der Waals surface area (Å²) in [6.45, 7) is 0.661. The van der Waals surface area contributed by atoms with Crippen molar-refractivity contribution in [2.24, 2.45) is 0 Å². The Balaban J connectivity index is 1.56. The molecular formula is C18H20N4O3. The van der Waals surface area contributed by atoms with Gasteiger partial charge >= 0.3 is 0 Å². The first-order valence-corrected chi connectivity index (χ1v) is 8.69. The molecule has 0 radical (unpaired) electrons. The average molecular weight is 340 g/mol. The van der Waals surface area contributed by atoms with E-state index in [0.29, 0.717) is 12.4 Å². The molecule has 0 aliphatic carbocycles. The third-order valence-electron chi connectivity index (χ3n) is 5.04. The molecule has 2 amide bonds. The molecule has 0 spiro atoms. The quantitative estimate of drug-likeness (QED) is 0.928. The largest absolute Gasteiger partial charge is 0.343 e. The molecule has 1 N–H and O–H groups in total. The van der Waals surface area contributed by atoms with E-state index in [0.717, 1.165) is 36.9 Å². The lowest BCUT2D eigenvalue weighted by atomic mass is 9.96. The van der Waals surface area contributed by atoms with Gasteiger partial charge in [0, 0.05) is 18.7 Å². The number of amides is 2. The van der Waals surface area contributed by atoms with Crippen LogP contribution in [-0.4, -0.2) is 33.4 Å². The highest BCUT2D eigenvalue weighted by Gasteiger charge is 2.36. The van der Waals surface area contributed by atoms with Crippen LogP contribution in [0.5, 0.6) is 0 Å². The molecule has 1 aromatic heterocycles. The van der Waals surface area contributed by atoms with Gasteiger partial charge in [-0.25, -0.2) is 0 Å². The second-order valence-corrected chi connectivity index (χ2v) is 6.57. The van der Waals surface area contributed by atoms with Gasteiger partial charge in [0.05, 0.1) is 12.0 Å². The van der Waals surface area contributed by atoms with Crippen molar-refractivity contribution in [1.82, 2.24) is 15.0 Å². The van der Waals surface area contributed by atoms with E-state index in [2.05, 4.69) is 15.5 Å². The van der Waals surface area contributed by atoms with Gasteiger partial charge in [0.1, 0.15) is 0 Å². The number of benzene rings is 1. The Morgan fingerprint density at radius 1 is 1.28 bits per heavy atom. The van der Waals surface area contributed by atoms with Crippen LogP contribution in [0.25, 0.3) is 0 Å². The predicted molar refractivity (Wildman–Crippen MR) is 89.6 cm³/mol. The third-order valence-corrected chi connectivity index (χ3v) is 5.04. The minimum atomic E-state index is -0.433. The van der Waals surface area contributed by atoms with Gasteiger partial charge in [-0.05, 0) is 24.5 Å². The van der Waals surface area contributed by atoms with Crippen LogP contribution in [0.2, 0.25) is 0 Å². The van der Waals surface area contributed by atoms with Crippen LogP contribution in [0.1, 0.15) is 55.5 Å². The number of carbonyl (C=O) groups is 2. The van der Waals surface area contributed by atoms with Crippen LogP contribution >= 0.6 is 0 Å². The molecule has 7 heteroatoms. The summed E-state index contributed by atoms with van der Waals surface area (Å²) >= 11 is 0. The van der Waals surface area contributed by atoms with Crippen LogP contribution in [0, 0.1) is 0 Å². The second kappa shape index (κ2) is 6.66. The summed E-state index contributed by atoms with van der Waals surface area (Å²) < 4.78 is 4.87. The summed E-state index contributed by atoms with van der Waals surface area (Å²) in [5.74, 6) is -0.0292. The fourth-order valence-corrected chi connectivity index (χ4v) is 3.77. The van der Waals surface area contributed by atoms with Gasteiger partial charge in [-0.3, -0.25) is 9.59 Å². The van der Waals surface area contributed by atoms with Gasteiger partial charge in [0.25, 0.3) is 0 Å². The maximum Gasteiger partial charge on any atom is 0.232 e. The summed E-state index contributed by atoms with van der Waals surface area (Å²) in [5.41, 5.74) is 1.70. The van der Waals surface area contributed by atoms with E-state index in [4.69, 9.17) is 4.52 Å². The summed E-state index contributed by atoms with van der Waals surface area (Å²) in [6, 6.07) is 7.37. The van der Waals surface area contributed by atoms with E-state index >= 15 is 0 Å². The molecule has 0 unspecified atom stereocenters. The molecule has 1 saturated heterocycles. The number of fused-ring (bicyclic) bond motifs is 1. The Labute approximate surface area is 145 Å². The SMILES string of the molecule is O=C1Nc2ccccc2[C@H]1CC(=O)N1CCCCC[C@@H]1c1ncon1. The Morgan fingerprint density at radius 3 is 3.00 bits per heavy atom. The monoisotopic (exact) mass is 340 g/mol. The van der Waals surface area contributed by atoms with Crippen molar-refractivity contribution in [3.63, 3.8) is 0 Å². The number of rotatable bonds is 3. The highest BCUT2D eigenvalue weighted by Crippen LogP contribution is 2.36. The van der Waals surface area contributed by atoms with Crippen molar-refractivity contribution in [3.8, 4) is 0 Å². The standard InChI is InChI=1S/C18H20N4O3/c23-16(10-13-12-6-3-4-7-14(12)20-18(13)24)22-9-5-1-2-8-15(22)17-19-11-25-21-17/h3-4,6-7,11,13,15H,1-2,5,8-10H2,(H,20,24)/t13-,15-/m1/s1. The lowest BCUT2D eigenvalue weighted by molar-refractivity contribution is -0.135. The van der Waals surface area contributed by atoms with Gasteiger partial charge in [0.15, 0.2) is 5.82 Å². The third kappa shape index (κ3) is 3.01. The molecule has 4 rings (SSSR count). The highest BCUT2D eigenvalue weighted by molar-refractivity contribution is 6.04. The molecule has 0 bridgehead atoms. The smallest absolute Gasteiger partial charge is 0.232 e. The van der Waals surface area contributed by atoms with Crippen LogP contribution in [0.4, 0.5) is 5.69 Å². The fourth-order valence-electron chi connectivity index (χ4n) is 3.77. The molecule has 1 aromatic carbocycles. The average Bonchev–Trinajstić information content (AvgIpc) is 3.17. The first-order valence-electron chi connectivity index (χ1n) is 8.69. The van der Waals surface area contributed by atoms with Gasteiger partial charge in [-0.2, -0.15) is 4.98 Å². The Bertz CT molecular complexity index is 774. The first kappa shape index (κ1) is 15.8. The second-order valence-electron chi connectivity index (χ2n) is 6.57. The first-order chi connectivity index (χ1) is 12.2. The van der Waals surface area contributed by atoms with E-state index < -0.39 is 5.92 Å². The molecule has 7 nitrogen and oxygen atoms in total. The molecule has 0 saturated carbocycles. The number of nitrogens with zero attached hydrogens (tertiary/aromatic N) is 3. The summed E-state index contributed by atoms with van der Waals surface area (Å²) in [4.78, 5) is 31.3. The van der Waals surface area contributed by atoms with Crippen molar-refractivity contribution in [1.29, 1.82) is 0 Å². The summed E-state index contributed by atoms with van der Waals surface area (Å²) in [5, 5.41) is 6.80. The highest BCUT2D eigenvalue weighted by atomic mass is 16.5. The molecule has 25 heavy (non-hydrogen) atoms. The van der Waals surface area contributed by atoms with Crippen molar-refractivity contribution < 1.29 is 14.1 Å². The number of anilines is 1. The Kier molecular flexibility index (Phi) is 4.21.